The number of alkyl halides is 3. The largest absolute Gasteiger partial charge is 0.573 e. The minimum absolute atomic E-state index is 0. The number of halogens is 4. The molecule has 1 aromatic carbocycles. The molecular formula is C10H9ClF3N3O2S. The highest BCUT2D eigenvalue weighted by Crippen LogP contribution is 2.31. The van der Waals surface area contributed by atoms with Crippen LogP contribution in [0.5, 0.6) is 5.75 Å². The third-order valence-corrected chi connectivity index (χ3v) is 3.28. The van der Waals surface area contributed by atoms with Crippen molar-refractivity contribution in [2.24, 2.45) is 11.5 Å². The number of primary amides is 1. The van der Waals surface area contributed by atoms with Crippen molar-refractivity contribution in [2.75, 3.05) is 0 Å². The Bertz CT molecular complexity index is 632. The number of amides is 1. The van der Waals surface area contributed by atoms with Crippen molar-refractivity contribution in [1.29, 1.82) is 0 Å². The summed E-state index contributed by atoms with van der Waals surface area (Å²) >= 11 is 0.990. The van der Waals surface area contributed by atoms with Crippen molar-refractivity contribution < 1.29 is 22.7 Å². The molecule has 0 fully saturated rings. The molecule has 2 aromatic rings. The van der Waals surface area contributed by atoms with E-state index in [1.165, 1.54) is 12.1 Å². The Morgan fingerprint density at radius 3 is 2.60 bits per heavy atom. The number of thiazole rings is 1. The highest BCUT2D eigenvalue weighted by atomic mass is 35.5. The molecule has 0 saturated carbocycles. The van der Waals surface area contributed by atoms with Gasteiger partial charge in [-0.15, -0.1) is 36.9 Å². The minimum atomic E-state index is -4.76. The topological polar surface area (TPSA) is 91.2 Å². The van der Waals surface area contributed by atoms with Crippen LogP contribution in [-0.2, 0) is 4.79 Å². The van der Waals surface area contributed by atoms with Crippen LogP contribution in [0.25, 0.3) is 10.2 Å². The van der Waals surface area contributed by atoms with Gasteiger partial charge >= 0.3 is 6.36 Å². The lowest BCUT2D eigenvalue weighted by Crippen LogP contribution is -2.27. The van der Waals surface area contributed by atoms with Gasteiger partial charge in [0.05, 0.1) is 10.2 Å². The normalized spacial score (nSPS) is 12.8. The van der Waals surface area contributed by atoms with Crippen LogP contribution in [0.15, 0.2) is 18.2 Å². The number of benzene rings is 1. The summed E-state index contributed by atoms with van der Waals surface area (Å²) in [6.45, 7) is 0. The Labute approximate surface area is 121 Å². The molecule has 0 aliphatic heterocycles. The van der Waals surface area contributed by atoms with E-state index in [1.54, 1.807) is 0 Å². The van der Waals surface area contributed by atoms with Gasteiger partial charge in [-0.25, -0.2) is 4.98 Å². The maximum absolute atomic E-state index is 12.1. The molecule has 2 rings (SSSR count). The lowest BCUT2D eigenvalue weighted by atomic mass is 10.3. The number of ether oxygens (including phenoxy) is 1. The molecule has 5 nitrogen and oxygen atoms in total. The lowest BCUT2D eigenvalue weighted by molar-refractivity contribution is -0.274. The first-order valence-corrected chi connectivity index (χ1v) is 5.79. The van der Waals surface area contributed by atoms with Crippen LogP contribution in [0.2, 0.25) is 0 Å². The van der Waals surface area contributed by atoms with Crippen LogP contribution < -0.4 is 16.2 Å². The van der Waals surface area contributed by atoms with E-state index in [0.29, 0.717) is 10.2 Å². The number of hydrogen-bond acceptors (Lipinski definition) is 5. The molecule has 0 aliphatic rings. The Hall–Kier alpha value is -1.58. The molecule has 0 radical (unpaired) electrons. The smallest absolute Gasteiger partial charge is 0.406 e. The van der Waals surface area contributed by atoms with E-state index in [2.05, 4.69) is 9.72 Å². The number of carbonyl (C=O) groups is 1. The predicted octanol–water partition coefficient (Wildman–Crippen LogP) is 2.10. The highest BCUT2D eigenvalue weighted by molar-refractivity contribution is 7.18. The third-order valence-electron chi connectivity index (χ3n) is 2.18. The van der Waals surface area contributed by atoms with Gasteiger partial charge in [-0.3, -0.25) is 4.79 Å². The van der Waals surface area contributed by atoms with Crippen molar-refractivity contribution >= 4 is 39.9 Å². The van der Waals surface area contributed by atoms with Gasteiger partial charge in [-0.2, -0.15) is 0 Å². The molecule has 1 heterocycles. The standard InChI is InChI=1S/C10H8F3N3O2S.ClH/c11-10(12,13)18-4-1-2-5-6(3-4)19-9(16-5)7(14)8(15)17;/h1-3,7H,14H2,(H2,15,17);1H. The van der Waals surface area contributed by atoms with Crippen molar-refractivity contribution in [3.05, 3.63) is 23.2 Å². The van der Waals surface area contributed by atoms with Gasteiger partial charge in [-0.05, 0) is 18.2 Å². The number of nitrogens with zero attached hydrogens (tertiary/aromatic N) is 1. The van der Waals surface area contributed by atoms with Crippen molar-refractivity contribution in [1.82, 2.24) is 4.98 Å². The maximum atomic E-state index is 12.1. The first-order valence-electron chi connectivity index (χ1n) is 4.97. The summed E-state index contributed by atoms with van der Waals surface area (Å²) in [7, 11) is 0. The second-order valence-electron chi connectivity index (χ2n) is 3.61. The molecule has 110 valence electrons. The molecule has 0 spiro atoms. The van der Waals surface area contributed by atoms with Crippen LogP contribution in [0.1, 0.15) is 11.0 Å². The Morgan fingerprint density at radius 1 is 1.40 bits per heavy atom. The van der Waals surface area contributed by atoms with Crippen LogP contribution in [0.4, 0.5) is 13.2 Å². The summed E-state index contributed by atoms with van der Waals surface area (Å²) in [6, 6.07) is 2.58. The van der Waals surface area contributed by atoms with Gasteiger partial charge in [0.25, 0.3) is 0 Å². The van der Waals surface area contributed by atoms with E-state index in [9.17, 15) is 18.0 Å². The van der Waals surface area contributed by atoms with Gasteiger partial charge < -0.3 is 16.2 Å². The number of carbonyl (C=O) groups excluding carboxylic acids is 1. The first-order chi connectivity index (χ1) is 8.76. The van der Waals surface area contributed by atoms with Crippen molar-refractivity contribution in [3.63, 3.8) is 0 Å². The third kappa shape index (κ3) is 3.71. The Balaban J connectivity index is 0.00000200. The van der Waals surface area contributed by atoms with Crippen LogP contribution in [-0.4, -0.2) is 17.3 Å². The van der Waals surface area contributed by atoms with E-state index >= 15 is 0 Å². The van der Waals surface area contributed by atoms with E-state index in [0.717, 1.165) is 17.4 Å². The maximum Gasteiger partial charge on any atom is 0.573 e. The number of hydrogen-bond donors (Lipinski definition) is 2. The number of nitrogens with two attached hydrogens (primary N) is 2. The summed E-state index contributed by atoms with van der Waals surface area (Å²) in [5.74, 6) is -1.12. The van der Waals surface area contributed by atoms with Gasteiger partial charge in [0.1, 0.15) is 16.8 Å². The van der Waals surface area contributed by atoms with Crippen LogP contribution in [0, 0.1) is 0 Å². The molecule has 1 aromatic heterocycles. The molecule has 0 aliphatic carbocycles. The zero-order valence-corrected chi connectivity index (χ0v) is 11.3. The van der Waals surface area contributed by atoms with E-state index in [-0.39, 0.29) is 23.2 Å². The average Bonchev–Trinajstić information content (AvgIpc) is 2.68. The molecule has 1 amide bonds. The fourth-order valence-corrected chi connectivity index (χ4v) is 2.38. The zero-order chi connectivity index (χ0) is 14.2. The fraction of sp³-hybridized carbons (Fsp3) is 0.200. The number of fused-ring (bicyclic) bond motifs is 1. The summed E-state index contributed by atoms with van der Waals surface area (Å²) in [6.07, 6.45) is -4.76. The summed E-state index contributed by atoms with van der Waals surface area (Å²) in [4.78, 5) is 14.9. The van der Waals surface area contributed by atoms with E-state index in [1.807, 2.05) is 0 Å². The molecule has 1 atom stereocenters. The lowest BCUT2D eigenvalue weighted by Gasteiger charge is -2.07. The van der Waals surface area contributed by atoms with E-state index < -0.39 is 18.3 Å². The summed E-state index contributed by atoms with van der Waals surface area (Å²) in [5, 5.41) is 0.242. The Kier molecular flexibility index (Phi) is 4.79. The molecule has 20 heavy (non-hydrogen) atoms. The Morgan fingerprint density at radius 2 is 2.05 bits per heavy atom. The van der Waals surface area contributed by atoms with Crippen molar-refractivity contribution in [2.45, 2.75) is 12.4 Å². The molecule has 0 bridgehead atoms. The minimum Gasteiger partial charge on any atom is -0.406 e. The first kappa shape index (κ1) is 16.5. The van der Waals surface area contributed by atoms with Crippen LogP contribution in [0.3, 0.4) is 0 Å². The number of rotatable bonds is 3. The van der Waals surface area contributed by atoms with Gasteiger partial charge in [0.15, 0.2) is 0 Å². The highest BCUT2D eigenvalue weighted by Gasteiger charge is 2.31. The second-order valence-corrected chi connectivity index (χ2v) is 4.67. The molecule has 4 N–H and O–H groups in total. The predicted molar refractivity (Wildman–Crippen MR) is 69.7 cm³/mol. The summed E-state index contributed by atoms with van der Waals surface area (Å²) in [5.41, 5.74) is 11.0. The van der Waals surface area contributed by atoms with Gasteiger partial charge in [0, 0.05) is 0 Å². The SMILES string of the molecule is Cl.NC(=O)C(N)c1nc2ccc(OC(F)(F)F)cc2s1. The molecule has 1 unspecified atom stereocenters. The number of aromatic nitrogens is 1. The molecular weight excluding hydrogens is 319 g/mol. The monoisotopic (exact) mass is 327 g/mol. The second kappa shape index (κ2) is 5.81. The average molecular weight is 328 g/mol. The van der Waals surface area contributed by atoms with Gasteiger partial charge in [0.2, 0.25) is 5.91 Å². The zero-order valence-electron chi connectivity index (χ0n) is 9.68. The molecule has 0 saturated heterocycles. The fourth-order valence-electron chi connectivity index (χ4n) is 1.37. The summed E-state index contributed by atoms with van der Waals surface area (Å²) < 4.78 is 40.4. The quantitative estimate of drug-likeness (QED) is 0.903. The van der Waals surface area contributed by atoms with Gasteiger partial charge in [-0.1, -0.05) is 0 Å². The van der Waals surface area contributed by atoms with Crippen LogP contribution >= 0.6 is 23.7 Å². The van der Waals surface area contributed by atoms with E-state index in [4.69, 9.17) is 11.5 Å². The van der Waals surface area contributed by atoms with Crippen molar-refractivity contribution in [3.8, 4) is 5.75 Å². The molecule has 10 heteroatoms.